The number of benzene rings is 2. The summed E-state index contributed by atoms with van der Waals surface area (Å²) < 4.78 is 12.1. The number of hydrogen-bond acceptors (Lipinski definition) is 5. The lowest BCUT2D eigenvalue weighted by Gasteiger charge is -2.07. The molecule has 6 heteroatoms. The number of rotatable bonds is 5. The highest BCUT2D eigenvalue weighted by molar-refractivity contribution is 5.89. The van der Waals surface area contributed by atoms with Crippen molar-refractivity contribution in [3.05, 3.63) is 87.5 Å². The van der Waals surface area contributed by atoms with Gasteiger partial charge in [-0.25, -0.2) is 4.68 Å². The van der Waals surface area contributed by atoms with Crippen molar-refractivity contribution in [2.45, 2.75) is 13.5 Å². The average Bonchev–Trinajstić information content (AvgIpc) is 3.16. The normalized spacial score (nSPS) is 11.4. The van der Waals surface area contributed by atoms with Gasteiger partial charge in [-0.2, -0.15) is 5.10 Å². The molecule has 0 aliphatic heterocycles. The fourth-order valence-corrected chi connectivity index (χ4v) is 3.10. The highest BCUT2D eigenvalue weighted by Gasteiger charge is 2.16. The van der Waals surface area contributed by atoms with E-state index in [1.807, 2.05) is 73.7 Å². The van der Waals surface area contributed by atoms with Crippen LogP contribution in [0.4, 0.5) is 0 Å². The zero-order valence-electron chi connectivity index (χ0n) is 15.6. The van der Waals surface area contributed by atoms with Gasteiger partial charge in [0.05, 0.1) is 24.7 Å². The summed E-state index contributed by atoms with van der Waals surface area (Å²) in [6.07, 6.45) is 3.73. The Hall–Kier alpha value is -3.67. The van der Waals surface area contributed by atoms with Gasteiger partial charge < -0.3 is 9.26 Å². The van der Waals surface area contributed by atoms with E-state index in [-0.39, 0.29) is 11.1 Å². The molecule has 0 bridgehead atoms. The lowest BCUT2D eigenvalue weighted by Crippen LogP contribution is -2.24. The van der Waals surface area contributed by atoms with Crippen LogP contribution < -0.4 is 10.3 Å². The minimum absolute atomic E-state index is 0.281. The van der Waals surface area contributed by atoms with Gasteiger partial charge in [-0.15, -0.1) is 0 Å². The maximum Gasteiger partial charge on any atom is 0.297 e. The van der Waals surface area contributed by atoms with Gasteiger partial charge in [0.1, 0.15) is 5.75 Å². The van der Waals surface area contributed by atoms with Crippen LogP contribution in [0, 0.1) is 6.92 Å². The molecule has 0 saturated carbocycles. The van der Waals surface area contributed by atoms with E-state index < -0.39 is 0 Å². The molecule has 28 heavy (non-hydrogen) atoms. The Morgan fingerprint density at radius 2 is 1.93 bits per heavy atom. The minimum atomic E-state index is -0.286. The second-order valence-corrected chi connectivity index (χ2v) is 6.41. The molecule has 0 atom stereocenters. The van der Waals surface area contributed by atoms with E-state index in [1.54, 1.807) is 7.11 Å². The quantitative estimate of drug-likeness (QED) is 0.530. The van der Waals surface area contributed by atoms with Crippen molar-refractivity contribution < 1.29 is 9.26 Å². The Morgan fingerprint density at radius 1 is 1.11 bits per heavy atom. The SMILES string of the molecule is COc1cccc(Cn2nc(C)c3c(/C=C/c4ccccc4)onc3c2=O)c1. The molecule has 2 heterocycles. The molecule has 0 amide bonds. The number of fused-ring (bicyclic) bond motifs is 1. The smallest absolute Gasteiger partial charge is 0.297 e. The molecule has 0 spiro atoms. The first-order chi connectivity index (χ1) is 13.7. The average molecular weight is 373 g/mol. The molecular formula is C22H19N3O3. The summed E-state index contributed by atoms with van der Waals surface area (Å²) in [6, 6.07) is 17.4. The number of ether oxygens (including phenoxy) is 1. The van der Waals surface area contributed by atoms with E-state index in [0.29, 0.717) is 23.4 Å². The first kappa shape index (κ1) is 17.7. The summed E-state index contributed by atoms with van der Waals surface area (Å²) in [5.74, 6) is 1.26. The number of methoxy groups -OCH3 is 1. The molecule has 0 aliphatic carbocycles. The maximum atomic E-state index is 12.8. The van der Waals surface area contributed by atoms with Crippen molar-refractivity contribution in [1.29, 1.82) is 0 Å². The molecule has 0 unspecified atom stereocenters. The van der Waals surface area contributed by atoms with E-state index in [2.05, 4.69) is 10.3 Å². The van der Waals surface area contributed by atoms with Gasteiger partial charge in [-0.3, -0.25) is 4.79 Å². The van der Waals surface area contributed by atoms with Gasteiger partial charge in [0.15, 0.2) is 11.3 Å². The highest BCUT2D eigenvalue weighted by atomic mass is 16.5. The van der Waals surface area contributed by atoms with E-state index in [1.165, 1.54) is 4.68 Å². The first-order valence-corrected chi connectivity index (χ1v) is 8.89. The molecule has 140 valence electrons. The Balaban J connectivity index is 1.71. The van der Waals surface area contributed by atoms with Crippen LogP contribution in [-0.4, -0.2) is 22.0 Å². The summed E-state index contributed by atoms with van der Waals surface area (Å²) in [5, 5.41) is 9.11. The van der Waals surface area contributed by atoms with Gasteiger partial charge in [0.2, 0.25) is 0 Å². The molecule has 0 saturated heterocycles. The summed E-state index contributed by atoms with van der Waals surface area (Å²) >= 11 is 0. The Labute approximate surface area is 161 Å². The fourth-order valence-electron chi connectivity index (χ4n) is 3.10. The molecule has 4 aromatic rings. The lowest BCUT2D eigenvalue weighted by molar-refractivity contribution is 0.414. The standard InChI is InChI=1S/C22H19N3O3/c1-15-20-19(12-11-16-7-4-3-5-8-16)28-24-21(20)22(26)25(23-15)14-17-9-6-10-18(13-17)27-2/h3-13H,14H2,1-2H3/b12-11+. The lowest BCUT2D eigenvalue weighted by atomic mass is 10.1. The van der Waals surface area contributed by atoms with Crippen LogP contribution >= 0.6 is 0 Å². The van der Waals surface area contributed by atoms with Crippen LogP contribution in [0.15, 0.2) is 63.9 Å². The third-order valence-electron chi connectivity index (χ3n) is 4.48. The summed E-state index contributed by atoms with van der Waals surface area (Å²) in [5.41, 5.74) is 2.63. The van der Waals surface area contributed by atoms with Crippen molar-refractivity contribution in [2.75, 3.05) is 7.11 Å². The zero-order chi connectivity index (χ0) is 19.5. The number of hydrogen-bond donors (Lipinski definition) is 0. The molecule has 0 radical (unpaired) electrons. The molecule has 2 aromatic heterocycles. The van der Waals surface area contributed by atoms with E-state index in [4.69, 9.17) is 9.26 Å². The molecular weight excluding hydrogens is 354 g/mol. The monoisotopic (exact) mass is 373 g/mol. The van der Waals surface area contributed by atoms with Crippen molar-refractivity contribution >= 4 is 23.1 Å². The highest BCUT2D eigenvalue weighted by Crippen LogP contribution is 2.21. The van der Waals surface area contributed by atoms with Crippen LogP contribution in [0.2, 0.25) is 0 Å². The summed E-state index contributed by atoms with van der Waals surface area (Å²) in [6.45, 7) is 2.18. The molecule has 0 N–H and O–H groups in total. The third-order valence-corrected chi connectivity index (χ3v) is 4.48. The van der Waals surface area contributed by atoms with Gasteiger partial charge in [-0.1, -0.05) is 53.7 Å². The van der Waals surface area contributed by atoms with E-state index >= 15 is 0 Å². The second kappa shape index (κ2) is 7.52. The van der Waals surface area contributed by atoms with Crippen molar-refractivity contribution in [1.82, 2.24) is 14.9 Å². The maximum absolute atomic E-state index is 12.8. The minimum Gasteiger partial charge on any atom is -0.497 e. The van der Waals surface area contributed by atoms with Crippen LogP contribution in [-0.2, 0) is 6.54 Å². The molecule has 2 aromatic carbocycles. The fraction of sp³-hybridized carbons (Fsp3) is 0.136. The number of aromatic nitrogens is 3. The van der Waals surface area contributed by atoms with Crippen LogP contribution in [0.3, 0.4) is 0 Å². The molecule has 6 nitrogen and oxygen atoms in total. The number of aryl methyl sites for hydroxylation is 1. The van der Waals surface area contributed by atoms with Crippen LogP contribution in [0.25, 0.3) is 23.1 Å². The second-order valence-electron chi connectivity index (χ2n) is 6.41. The Kier molecular flexibility index (Phi) is 4.76. The van der Waals surface area contributed by atoms with Gasteiger partial charge in [0.25, 0.3) is 5.56 Å². The zero-order valence-corrected chi connectivity index (χ0v) is 15.6. The molecule has 4 rings (SSSR count). The van der Waals surface area contributed by atoms with Crippen LogP contribution in [0.1, 0.15) is 22.6 Å². The first-order valence-electron chi connectivity index (χ1n) is 8.89. The number of nitrogens with zero attached hydrogens (tertiary/aromatic N) is 3. The predicted molar refractivity (Wildman–Crippen MR) is 108 cm³/mol. The van der Waals surface area contributed by atoms with Crippen molar-refractivity contribution in [3.63, 3.8) is 0 Å². The van der Waals surface area contributed by atoms with Gasteiger partial charge >= 0.3 is 0 Å². The van der Waals surface area contributed by atoms with E-state index in [0.717, 1.165) is 16.9 Å². The van der Waals surface area contributed by atoms with Gasteiger partial charge in [-0.05, 0) is 36.3 Å². The summed E-state index contributed by atoms with van der Waals surface area (Å²) in [4.78, 5) is 12.8. The van der Waals surface area contributed by atoms with E-state index in [9.17, 15) is 4.79 Å². The topological polar surface area (TPSA) is 70.2 Å². The third kappa shape index (κ3) is 3.44. The largest absolute Gasteiger partial charge is 0.497 e. The Morgan fingerprint density at radius 3 is 2.71 bits per heavy atom. The van der Waals surface area contributed by atoms with Gasteiger partial charge in [0, 0.05) is 0 Å². The predicted octanol–water partition coefficient (Wildman–Crippen LogP) is 3.92. The van der Waals surface area contributed by atoms with Crippen molar-refractivity contribution in [3.8, 4) is 5.75 Å². The van der Waals surface area contributed by atoms with Crippen LogP contribution in [0.5, 0.6) is 5.75 Å². The van der Waals surface area contributed by atoms with Crippen molar-refractivity contribution in [2.24, 2.45) is 0 Å². The summed E-state index contributed by atoms with van der Waals surface area (Å²) in [7, 11) is 1.61. The Bertz CT molecular complexity index is 1210. The molecule has 0 fully saturated rings. The molecule has 0 aliphatic rings.